The summed E-state index contributed by atoms with van der Waals surface area (Å²) in [7, 11) is -2.94. The number of aromatic nitrogens is 5. The number of rotatable bonds is 14. The van der Waals surface area contributed by atoms with Gasteiger partial charge in [-0.05, 0) is 41.4 Å². The molecule has 3 aromatic heterocycles. The quantitative estimate of drug-likeness (QED) is 0.0792. The number of pyridine rings is 1. The zero-order valence-corrected chi connectivity index (χ0v) is 37.9. The number of benzene rings is 3. The summed E-state index contributed by atoms with van der Waals surface area (Å²) >= 11 is 3.16. The highest BCUT2D eigenvalue weighted by Crippen LogP contribution is 2.42. The van der Waals surface area contributed by atoms with Gasteiger partial charge in [0, 0.05) is 52.2 Å². The Morgan fingerprint density at radius 3 is 1.82 bits per heavy atom. The topological polar surface area (TPSA) is 160 Å². The molecule has 0 radical (unpaired) electrons. The molecule has 6 aromatic rings. The predicted molar refractivity (Wildman–Crippen MR) is 246 cm³/mol. The van der Waals surface area contributed by atoms with Gasteiger partial charge in [-0.1, -0.05) is 106 Å². The molecule has 6 atom stereocenters. The molecule has 324 valence electrons. The lowest BCUT2D eigenvalue weighted by molar-refractivity contribution is -0.0350. The first-order chi connectivity index (χ1) is 29.8. The molecule has 0 unspecified atom stereocenters. The van der Waals surface area contributed by atoms with Gasteiger partial charge >= 0.3 is 11.4 Å². The predicted octanol–water partition coefficient (Wildman–Crippen LogP) is 5.64. The first-order valence-corrected chi connectivity index (χ1v) is 24.6. The molecule has 13 nitrogen and oxygen atoms in total. The molecular weight excluding hydrogens is 843 g/mol. The average molecular weight is 894 g/mol. The number of nitrogens with one attached hydrogen (secondary N) is 2. The number of para-hydroxylation sites is 1. The highest BCUT2D eigenvalue weighted by atomic mass is 32.2. The molecule has 0 saturated carbocycles. The van der Waals surface area contributed by atoms with Crippen LogP contribution in [-0.4, -0.2) is 74.3 Å². The number of H-pyrrole nitrogens is 2. The van der Waals surface area contributed by atoms with Crippen LogP contribution < -0.4 is 32.9 Å². The van der Waals surface area contributed by atoms with Gasteiger partial charge in [0.25, 0.3) is 19.4 Å². The minimum atomic E-state index is -2.94. The lowest BCUT2D eigenvalue weighted by atomic mass is 10.2. The number of hydrogen-bond acceptors (Lipinski definition) is 11. The molecule has 2 N–H and O–H groups in total. The van der Waals surface area contributed by atoms with E-state index in [1.807, 2.05) is 48.5 Å². The minimum absolute atomic E-state index is 0.125. The van der Waals surface area contributed by atoms with E-state index in [1.165, 1.54) is 9.13 Å². The van der Waals surface area contributed by atoms with Crippen molar-refractivity contribution in [1.29, 1.82) is 0 Å². The van der Waals surface area contributed by atoms with Gasteiger partial charge in [-0.25, -0.2) is 14.6 Å². The number of ether oxygens (including phenoxy) is 3. The highest BCUT2D eigenvalue weighted by molar-refractivity contribution is 8.00. The van der Waals surface area contributed by atoms with Gasteiger partial charge in [0.1, 0.15) is 12.5 Å². The Bertz CT molecular complexity index is 2720. The van der Waals surface area contributed by atoms with E-state index in [0.717, 1.165) is 26.3 Å². The van der Waals surface area contributed by atoms with Crippen LogP contribution in [0.25, 0.3) is 10.9 Å². The van der Waals surface area contributed by atoms with Crippen molar-refractivity contribution in [3.05, 3.63) is 162 Å². The fourth-order valence-electron chi connectivity index (χ4n) is 8.48. The molecule has 0 aliphatic carbocycles. The molecule has 2 aliphatic heterocycles. The number of nitrogens with zero attached hydrogens (tertiary/aromatic N) is 3. The van der Waals surface area contributed by atoms with E-state index >= 15 is 0 Å². The van der Waals surface area contributed by atoms with Crippen molar-refractivity contribution in [1.82, 2.24) is 24.1 Å². The highest BCUT2D eigenvalue weighted by Gasteiger charge is 2.51. The Kier molecular flexibility index (Phi) is 13.1. The van der Waals surface area contributed by atoms with Gasteiger partial charge in [0.2, 0.25) is 0 Å². The van der Waals surface area contributed by atoms with E-state index in [-0.39, 0.29) is 34.7 Å². The number of hydrogen-bond donors (Lipinski definition) is 2. The maximum absolute atomic E-state index is 13.1. The second-order valence-corrected chi connectivity index (χ2v) is 23.6. The summed E-state index contributed by atoms with van der Waals surface area (Å²) in [6.07, 6.45) is 1.94. The van der Waals surface area contributed by atoms with Gasteiger partial charge in [-0.15, -0.1) is 23.5 Å². The van der Waals surface area contributed by atoms with Crippen LogP contribution in [0.3, 0.4) is 0 Å². The Labute approximate surface area is 368 Å². The van der Waals surface area contributed by atoms with E-state index in [2.05, 4.69) is 79.3 Å². The SMILES string of the molecule is Cc1cn([C@H]2C[C@H](SCOC[C@H]3O[C@@H](n4cc(C)c(=O)[nH]c4=O)C[C@@H]3Sc3ccc4ccccc4n3)[C@@H](CO[Si](c3ccccc3)(c3ccccc3)C(C)(C)C)O2)c(=O)[nH]c1=O. The number of aryl methyl sites for hydroxylation is 2. The van der Waals surface area contributed by atoms with Crippen molar-refractivity contribution in [2.45, 2.75) is 92.7 Å². The Morgan fingerprint density at radius 1 is 0.710 bits per heavy atom. The van der Waals surface area contributed by atoms with Gasteiger partial charge < -0.3 is 18.6 Å². The van der Waals surface area contributed by atoms with Crippen LogP contribution in [-0.2, 0) is 18.6 Å². The van der Waals surface area contributed by atoms with Gasteiger partial charge in [-0.3, -0.25) is 28.7 Å². The second kappa shape index (κ2) is 18.5. The Balaban J connectivity index is 1.03. The van der Waals surface area contributed by atoms with E-state index in [1.54, 1.807) is 49.8 Å². The average Bonchev–Trinajstić information content (AvgIpc) is 3.85. The lowest BCUT2D eigenvalue weighted by Crippen LogP contribution is -2.67. The van der Waals surface area contributed by atoms with Crippen molar-refractivity contribution in [3.63, 3.8) is 0 Å². The molecule has 0 spiro atoms. The Hall–Kier alpha value is -4.81. The summed E-state index contributed by atoms with van der Waals surface area (Å²) in [5.41, 5.74) is -0.221. The van der Waals surface area contributed by atoms with Crippen molar-refractivity contribution >= 4 is 53.1 Å². The molecular formula is C46H51N5O8S2Si. The Morgan fingerprint density at radius 2 is 1.24 bits per heavy atom. The van der Waals surface area contributed by atoms with E-state index < -0.39 is 55.5 Å². The molecule has 2 aliphatic rings. The fraction of sp³-hybridized carbons (Fsp3) is 0.370. The smallest absolute Gasteiger partial charge is 0.330 e. The van der Waals surface area contributed by atoms with E-state index in [0.29, 0.717) is 24.0 Å². The monoisotopic (exact) mass is 893 g/mol. The maximum atomic E-state index is 13.1. The molecule has 62 heavy (non-hydrogen) atoms. The first-order valence-electron chi connectivity index (χ1n) is 20.7. The fourth-order valence-corrected chi connectivity index (χ4v) is 15.2. The summed E-state index contributed by atoms with van der Waals surface area (Å²) in [6.45, 7) is 10.5. The second-order valence-electron chi connectivity index (χ2n) is 16.9. The van der Waals surface area contributed by atoms with Gasteiger partial charge in [-0.2, -0.15) is 0 Å². The summed E-state index contributed by atoms with van der Waals surface area (Å²) in [5, 5.41) is 3.62. The van der Waals surface area contributed by atoms with Crippen LogP contribution in [0.1, 0.15) is 57.2 Å². The summed E-state index contributed by atoms with van der Waals surface area (Å²) < 4.78 is 29.9. The maximum Gasteiger partial charge on any atom is 0.330 e. The first kappa shape index (κ1) is 43.8. The summed E-state index contributed by atoms with van der Waals surface area (Å²) in [6, 6.07) is 32.8. The third-order valence-corrected chi connectivity index (χ3v) is 19.1. The lowest BCUT2D eigenvalue weighted by Gasteiger charge is -2.43. The van der Waals surface area contributed by atoms with Crippen LogP contribution in [0.15, 0.2) is 134 Å². The van der Waals surface area contributed by atoms with Crippen molar-refractivity contribution < 1.29 is 18.6 Å². The molecule has 3 aromatic carbocycles. The molecule has 2 saturated heterocycles. The number of thioether (sulfide) groups is 2. The van der Waals surface area contributed by atoms with E-state index in [9.17, 15) is 19.2 Å². The van der Waals surface area contributed by atoms with E-state index in [4.69, 9.17) is 23.6 Å². The van der Waals surface area contributed by atoms with Crippen LogP contribution in [0.2, 0.25) is 5.04 Å². The summed E-state index contributed by atoms with van der Waals surface area (Å²) in [4.78, 5) is 60.4. The third kappa shape index (κ3) is 9.13. The normalized spacial score (nSPS) is 21.8. The van der Waals surface area contributed by atoms with Crippen molar-refractivity contribution in [3.8, 4) is 0 Å². The van der Waals surface area contributed by atoms with Crippen LogP contribution in [0.5, 0.6) is 0 Å². The van der Waals surface area contributed by atoms with Crippen molar-refractivity contribution in [2.24, 2.45) is 0 Å². The number of aromatic amines is 2. The molecule has 2 fully saturated rings. The van der Waals surface area contributed by atoms with Crippen LogP contribution in [0, 0.1) is 13.8 Å². The molecule has 0 bridgehead atoms. The largest absolute Gasteiger partial charge is 0.405 e. The minimum Gasteiger partial charge on any atom is -0.405 e. The standard InChI is InChI=1S/C46H51N5O8S2Si/c1-29-24-50(44(54)48-42(29)52)40-22-37(36(59-40)27-57-62(46(3,4)5,32-15-8-6-9-16-32)33-17-10-7-11-18-33)60-28-56-26-35-38(61-39-21-20-31-14-12-13-19-34(31)47-39)23-41(58-35)51-25-30(2)43(53)49-45(51)55/h6-21,24-25,35-38,40-41H,22-23,26-28H2,1-5H3,(H,48,52,54)(H,49,53,55)/t35-,36-,37+,38+,40-,41-/m1/s1. The van der Waals surface area contributed by atoms with Gasteiger partial charge in [0.15, 0.2) is 0 Å². The van der Waals surface area contributed by atoms with Crippen molar-refractivity contribution in [2.75, 3.05) is 19.2 Å². The third-order valence-electron chi connectivity index (χ3n) is 11.6. The van der Waals surface area contributed by atoms with Gasteiger partial charge in [0.05, 0.1) is 41.9 Å². The van der Waals surface area contributed by atoms with Crippen LogP contribution >= 0.6 is 23.5 Å². The molecule has 5 heterocycles. The molecule has 16 heteroatoms. The molecule has 0 amide bonds. The number of fused-ring (bicyclic) bond motifs is 1. The summed E-state index contributed by atoms with van der Waals surface area (Å²) in [5.74, 6) is 0.282. The molecule has 8 rings (SSSR count). The zero-order chi connectivity index (χ0) is 43.6. The zero-order valence-electron chi connectivity index (χ0n) is 35.3. The van der Waals surface area contributed by atoms with Crippen LogP contribution in [0.4, 0.5) is 0 Å².